The summed E-state index contributed by atoms with van der Waals surface area (Å²) in [5, 5.41) is 11.4. The largest absolute Gasteiger partial charge is 0.455 e. The molecule has 16 rings (SSSR count). The highest BCUT2D eigenvalue weighted by Gasteiger charge is 2.27. The van der Waals surface area contributed by atoms with Gasteiger partial charge < -0.3 is 13.7 Å². The SMILES string of the molecule is C1=CC(C(Cc2ccc3c(c2)oc2c3cc3ccc4c5oc6cc(N(c7ccccc7)c7c(-c8ccccc8)cccc7-c7ccccc7)ccc6c5cc5ccc2c3c54)c2c(-c3ccccc3)cccc2-c2ccccc2)=CCC1. The van der Waals surface area contributed by atoms with Gasteiger partial charge in [-0.1, -0.05) is 218 Å². The Morgan fingerprint density at radius 1 is 0.370 bits per heavy atom. The highest BCUT2D eigenvalue weighted by Crippen LogP contribution is 2.50. The lowest BCUT2D eigenvalue weighted by Gasteiger charge is -2.30. The van der Waals surface area contributed by atoms with Crippen molar-refractivity contribution in [3.8, 4) is 44.5 Å². The third-order valence-electron chi connectivity index (χ3n) is 17.0. The Kier molecular flexibility index (Phi) is 11.2. The van der Waals surface area contributed by atoms with Crippen molar-refractivity contribution >= 4 is 93.3 Å². The van der Waals surface area contributed by atoms with E-state index in [1.165, 1.54) is 60.5 Å². The molecule has 1 unspecified atom stereocenters. The minimum atomic E-state index is 0.111. The van der Waals surface area contributed by atoms with Crippen LogP contribution in [-0.4, -0.2) is 0 Å². The van der Waals surface area contributed by atoms with Gasteiger partial charge >= 0.3 is 0 Å². The molecule has 81 heavy (non-hydrogen) atoms. The van der Waals surface area contributed by atoms with Crippen LogP contribution in [0.1, 0.15) is 29.9 Å². The number of benzene rings is 13. The fourth-order valence-corrected chi connectivity index (χ4v) is 13.4. The van der Waals surface area contributed by atoms with E-state index >= 15 is 0 Å². The Labute approximate surface area is 469 Å². The van der Waals surface area contributed by atoms with Gasteiger partial charge in [0.05, 0.1) is 5.69 Å². The van der Waals surface area contributed by atoms with Crippen LogP contribution in [-0.2, 0) is 6.42 Å². The van der Waals surface area contributed by atoms with Crippen molar-refractivity contribution in [2.75, 3.05) is 4.90 Å². The summed E-state index contributed by atoms with van der Waals surface area (Å²) >= 11 is 0. The first kappa shape index (κ1) is 46.8. The second kappa shape index (κ2) is 19.3. The van der Waals surface area contributed by atoms with Crippen LogP contribution in [0.25, 0.3) is 121 Å². The summed E-state index contributed by atoms with van der Waals surface area (Å²) in [6, 6.07) is 94.9. The van der Waals surface area contributed by atoms with Crippen molar-refractivity contribution in [3.05, 3.63) is 296 Å². The molecule has 382 valence electrons. The maximum atomic E-state index is 7.16. The Morgan fingerprint density at radius 2 is 0.840 bits per heavy atom. The Hall–Kier alpha value is -10.2. The zero-order valence-corrected chi connectivity index (χ0v) is 44.5. The Morgan fingerprint density at radius 3 is 1.36 bits per heavy atom. The molecular weight excluding hydrogens is 983 g/mol. The molecule has 13 aromatic carbocycles. The van der Waals surface area contributed by atoms with Gasteiger partial charge in [0.1, 0.15) is 22.3 Å². The fraction of sp³-hybridized carbons (Fsp3) is 0.0513. The first-order valence-electron chi connectivity index (χ1n) is 28.3. The van der Waals surface area contributed by atoms with Crippen LogP contribution in [0.5, 0.6) is 0 Å². The fourth-order valence-electron chi connectivity index (χ4n) is 13.4. The minimum Gasteiger partial charge on any atom is -0.455 e. The molecule has 15 aromatic rings. The summed E-state index contributed by atoms with van der Waals surface area (Å²) in [6.45, 7) is 0. The van der Waals surface area contributed by atoms with Crippen molar-refractivity contribution in [3.63, 3.8) is 0 Å². The average Bonchev–Trinajstić information content (AvgIpc) is 4.31. The average molecular weight is 1040 g/mol. The lowest BCUT2D eigenvalue weighted by atomic mass is 9.77. The van der Waals surface area contributed by atoms with Gasteiger partial charge in [0.2, 0.25) is 0 Å². The van der Waals surface area contributed by atoms with Gasteiger partial charge in [0.15, 0.2) is 0 Å². The molecule has 0 amide bonds. The monoisotopic (exact) mass is 1040 g/mol. The smallest absolute Gasteiger partial charge is 0.143 e. The molecule has 2 aromatic heterocycles. The molecule has 0 spiro atoms. The summed E-state index contributed by atoms with van der Waals surface area (Å²) in [5.41, 5.74) is 20.3. The molecule has 1 aliphatic carbocycles. The van der Waals surface area contributed by atoms with E-state index in [4.69, 9.17) is 8.83 Å². The van der Waals surface area contributed by atoms with E-state index in [1.54, 1.807) is 0 Å². The van der Waals surface area contributed by atoms with E-state index in [-0.39, 0.29) is 5.92 Å². The second-order valence-electron chi connectivity index (χ2n) is 21.7. The van der Waals surface area contributed by atoms with Crippen molar-refractivity contribution in [1.29, 1.82) is 0 Å². The molecule has 3 heteroatoms. The Bertz CT molecular complexity index is 4820. The number of para-hydroxylation sites is 2. The molecule has 0 aliphatic heterocycles. The van der Waals surface area contributed by atoms with Crippen molar-refractivity contribution in [2.45, 2.75) is 25.2 Å². The number of hydrogen-bond acceptors (Lipinski definition) is 3. The molecule has 0 saturated carbocycles. The third kappa shape index (κ3) is 7.87. The van der Waals surface area contributed by atoms with Gasteiger partial charge in [-0.15, -0.1) is 0 Å². The molecule has 0 saturated heterocycles. The maximum Gasteiger partial charge on any atom is 0.143 e. The molecule has 0 N–H and O–H groups in total. The molecular formula is C78H53NO2. The lowest BCUT2D eigenvalue weighted by Crippen LogP contribution is -2.12. The number of hydrogen-bond donors (Lipinski definition) is 0. The zero-order chi connectivity index (χ0) is 53.4. The van der Waals surface area contributed by atoms with Crippen LogP contribution in [0.3, 0.4) is 0 Å². The van der Waals surface area contributed by atoms with Crippen LogP contribution >= 0.6 is 0 Å². The molecule has 1 atom stereocenters. The number of furan rings is 2. The third-order valence-corrected chi connectivity index (χ3v) is 17.0. The lowest BCUT2D eigenvalue weighted by molar-refractivity contribution is 0.671. The van der Waals surface area contributed by atoms with Gasteiger partial charge in [0, 0.05) is 77.6 Å². The van der Waals surface area contributed by atoms with E-state index in [0.29, 0.717) is 0 Å². The van der Waals surface area contributed by atoms with Crippen molar-refractivity contribution in [1.82, 2.24) is 0 Å². The summed E-state index contributed by atoms with van der Waals surface area (Å²) in [6.07, 6.45) is 10.1. The second-order valence-corrected chi connectivity index (χ2v) is 21.7. The topological polar surface area (TPSA) is 29.5 Å². The normalized spacial score (nSPS) is 13.1. The summed E-state index contributed by atoms with van der Waals surface area (Å²) < 4.78 is 14.3. The molecule has 1 aliphatic rings. The molecule has 0 fully saturated rings. The summed E-state index contributed by atoms with van der Waals surface area (Å²) in [5.74, 6) is 0.111. The Balaban J connectivity index is 0.827. The molecule has 0 radical (unpaired) electrons. The highest BCUT2D eigenvalue weighted by atomic mass is 16.3. The van der Waals surface area contributed by atoms with E-state index < -0.39 is 0 Å². The van der Waals surface area contributed by atoms with Crippen LogP contribution in [0.2, 0.25) is 0 Å². The van der Waals surface area contributed by atoms with E-state index in [9.17, 15) is 0 Å². The predicted octanol–water partition coefficient (Wildman–Crippen LogP) is 22.1. The number of nitrogens with zero attached hydrogens (tertiary/aromatic N) is 1. The maximum absolute atomic E-state index is 7.16. The van der Waals surface area contributed by atoms with Crippen LogP contribution in [0, 0.1) is 0 Å². The first-order chi connectivity index (χ1) is 40.2. The van der Waals surface area contributed by atoms with Gasteiger partial charge in [-0.2, -0.15) is 0 Å². The predicted molar refractivity (Wildman–Crippen MR) is 340 cm³/mol. The number of allylic oxidation sites excluding steroid dienone is 4. The van der Waals surface area contributed by atoms with Crippen molar-refractivity contribution < 1.29 is 8.83 Å². The number of anilines is 3. The zero-order valence-electron chi connectivity index (χ0n) is 44.5. The molecule has 2 heterocycles. The number of rotatable bonds is 11. The van der Waals surface area contributed by atoms with Crippen molar-refractivity contribution in [2.24, 2.45) is 0 Å². The van der Waals surface area contributed by atoms with E-state index in [1.807, 2.05) is 0 Å². The molecule has 0 bridgehead atoms. The highest BCUT2D eigenvalue weighted by molar-refractivity contribution is 6.34. The van der Waals surface area contributed by atoms with E-state index in [0.717, 1.165) is 113 Å². The van der Waals surface area contributed by atoms with Gasteiger partial charge in [-0.3, -0.25) is 0 Å². The summed E-state index contributed by atoms with van der Waals surface area (Å²) in [4.78, 5) is 2.40. The standard InChI is InChI=1S/C78H53NO2/c1-7-21-51(22-8-1)60-33-19-34-61(52-23-9-2-10-24-52)75(60)68(55-29-15-5-16-30-55)45-50-37-41-64-69-47-56-39-43-67-74-57(38-42-66(73(56)74)77(69)80-71(64)46-50)48-70-65-44-40-59(49-72(65)81-78(67)70)79(58-31-17-6-18-32-58)76-62(53-25-11-3-12-26-53)35-20-36-63(76)54-27-13-4-14-28-54/h1-4,6-15,17-44,46-49,68H,5,16,45H2. The van der Waals surface area contributed by atoms with Gasteiger partial charge in [-0.05, 0) is 135 Å². The van der Waals surface area contributed by atoms with Crippen LogP contribution in [0.15, 0.2) is 293 Å². The van der Waals surface area contributed by atoms with Crippen LogP contribution < -0.4 is 4.90 Å². The first-order valence-corrected chi connectivity index (χ1v) is 28.3. The molecule has 3 nitrogen and oxygen atoms in total. The minimum absolute atomic E-state index is 0.111. The van der Waals surface area contributed by atoms with Gasteiger partial charge in [-0.25, -0.2) is 0 Å². The van der Waals surface area contributed by atoms with Crippen LogP contribution in [0.4, 0.5) is 17.1 Å². The summed E-state index contributed by atoms with van der Waals surface area (Å²) in [7, 11) is 0. The van der Waals surface area contributed by atoms with Gasteiger partial charge in [0.25, 0.3) is 0 Å². The van der Waals surface area contributed by atoms with E-state index in [2.05, 4.69) is 284 Å². The number of fused-ring (bicyclic) bond motifs is 8. The quantitative estimate of drug-likeness (QED) is 0.121.